The second kappa shape index (κ2) is 6.39. The van der Waals surface area contributed by atoms with Gasteiger partial charge in [0.05, 0.1) is 18.4 Å². The molecular formula is C17H20N2O3. The maximum absolute atomic E-state index is 11.2. The molecule has 0 aliphatic heterocycles. The van der Waals surface area contributed by atoms with Gasteiger partial charge in [0.2, 0.25) is 5.91 Å². The number of ether oxygens (including phenoxy) is 1. The van der Waals surface area contributed by atoms with Crippen LogP contribution in [0, 0.1) is 0 Å². The SMILES string of the molecule is COc1ccc(NC(C)=O)c(O)c1-c1ccc(N(C)C)cc1. The molecule has 0 unspecified atom stereocenters. The summed E-state index contributed by atoms with van der Waals surface area (Å²) in [6.45, 7) is 1.40. The van der Waals surface area contributed by atoms with Gasteiger partial charge < -0.3 is 20.1 Å². The Morgan fingerprint density at radius 3 is 2.27 bits per heavy atom. The van der Waals surface area contributed by atoms with Crippen LogP contribution in [0.5, 0.6) is 11.5 Å². The van der Waals surface area contributed by atoms with Crippen molar-refractivity contribution in [2.75, 3.05) is 31.4 Å². The average molecular weight is 300 g/mol. The predicted molar refractivity (Wildman–Crippen MR) is 88.7 cm³/mol. The second-order valence-electron chi connectivity index (χ2n) is 5.16. The Bertz CT molecular complexity index is 679. The van der Waals surface area contributed by atoms with Crippen LogP contribution in [0.3, 0.4) is 0 Å². The van der Waals surface area contributed by atoms with Crippen molar-refractivity contribution in [1.29, 1.82) is 0 Å². The summed E-state index contributed by atoms with van der Waals surface area (Å²) in [7, 11) is 5.47. The Morgan fingerprint density at radius 1 is 1.14 bits per heavy atom. The van der Waals surface area contributed by atoms with Gasteiger partial charge in [-0.05, 0) is 29.8 Å². The quantitative estimate of drug-likeness (QED) is 0.852. The molecule has 2 rings (SSSR count). The van der Waals surface area contributed by atoms with E-state index in [9.17, 15) is 9.90 Å². The number of nitrogens with zero attached hydrogens (tertiary/aromatic N) is 1. The van der Waals surface area contributed by atoms with E-state index in [0.29, 0.717) is 17.0 Å². The monoisotopic (exact) mass is 300 g/mol. The highest BCUT2D eigenvalue weighted by molar-refractivity contribution is 5.94. The molecule has 0 heterocycles. The van der Waals surface area contributed by atoms with Gasteiger partial charge in [-0.25, -0.2) is 0 Å². The van der Waals surface area contributed by atoms with Crippen LogP contribution in [-0.4, -0.2) is 32.2 Å². The zero-order valence-corrected chi connectivity index (χ0v) is 13.2. The Morgan fingerprint density at radius 2 is 1.77 bits per heavy atom. The lowest BCUT2D eigenvalue weighted by Crippen LogP contribution is -2.08. The molecule has 0 fully saturated rings. The molecule has 1 amide bonds. The van der Waals surface area contributed by atoms with Crippen LogP contribution < -0.4 is 15.0 Å². The van der Waals surface area contributed by atoms with E-state index < -0.39 is 0 Å². The van der Waals surface area contributed by atoms with E-state index in [0.717, 1.165) is 11.3 Å². The van der Waals surface area contributed by atoms with E-state index in [1.54, 1.807) is 19.2 Å². The molecule has 0 atom stereocenters. The highest BCUT2D eigenvalue weighted by Crippen LogP contribution is 2.42. The predicted octanol–water partition coefficient (Wildman–Crippen LogP) is 3.09. The van der Waals surface area contributed by atoms with Crippen molar-refractivity contribution in [3.8, 4) is 22.6 Å². The van der Waals surface area contributed by atoms with Crippen molar-refractivity contribution in [3.63, 3.8) is 0 Å². The Labute approximate surface area is 130 Å². The summed E-state index contributed by atoms with van der Waals surface area (Å²) < 4.78 is 5.34. The highest BCUT2D eigenvalue weighted by Gasteiger charge is 2.16. The molecule has 2 N–H and O–H groups in total. The summed E-state index contributed by atoms with van der Waals surface area (Å²) >= 11 is 0. The lowest BCUT2D eigenvalue weighted by atomic mass is 10.0. The topological polar surface area (TPSA) is 61.8 Å². The van der Waals surface area contributed by atoms with Crippen LogP contribution in [0.2, 0.25) is 0 Å². The van der Waals surface area contributed by atoms with Gasteiger partial charge in [-0.3, -0.25) is 4.79 Å². The van der Waals surface area contributed by atoms with Crippen LogP contribution in [0.15, 0.2) is 36.4 Å². The first-order valence-electron chi connectivity index (χ1n) is 6.89. The van der Waals surface area contributed by atoms with Crippen molar-refractivity contribution in [3.05, 3.63) is 36.4 Å². The number of phenols is 1. The zero-order chi connectivity index (χ0) is 16.3. The number of phenolic OH excluding ortho intramolecular Hbond substituents is 1. The van der Waals surface area contributed by atoms with Gasteiger partial charge in [-0.2, -0.15) is 0 Å². The molecule has 5 heteroatoms. The van der Waals surface area contributed by atoms with Gasteiger partial charge in [-0.15, -0.1) is 0 Å². The minimum atomic E-state index is -0.241. The summed E-state index contributed by atoms with van der Waals surface area (Å²) in [5.41, 5.74) is 2.78. The minimum absolute atomic E-state index is 0.00727. The van der Waals surface area contributed by atoms with E-state index >= 15 is 0 Å². The van der Waals surface area contributed by atoms with Gasteiger partial charge in [0.1, 0.15) is 5.75 Å². The zero-order valence-electron chi connectivity index (χ0n) is 13.2. The highest BCUT2D eigenvalue weighted by atomic mass is 16.5. The van der Waals surface area contributed by atoms with Crippen molar-refractivity contribution in [2.45, 2.75) is 6.92 Å². The Hall–Kier alpha value is -2.69. The van der Waals surface area contributed by atoms with E-state index in [-0.39, 0.29) is 11.7 Å². The fourth-order valence-corrected chi connectivity index (χ4v) is 2.24. The fourth-order valence-electron chi connectivity index (χ4n) is 2.24. The number of amides is 1. The molecular weight excluding hydrogens is 280 g/mol. The second-order valence-corrected chi connectivity index (χ2v) is 5.16. The van der Waals surface area contributed by atoms with Crippen LogP contribution >= 0.6 is 0 Å². The third-order valence-corrected chi connectivity index (χ3v) is 3.34. The number of aromatic hydroxyl groups is 1. The largest absolute Gasteiger partial charge is 0.505 e. The normalized spacial score (nSPS) is 10.2. The molecule has 0 aromatic heterocycles. The average Bonchev–Trinajstić information content (AvgIpc) is 2.48. The number of carbonyl (C=O) groups excluding carboxylic acids is 1. The smallest absolute Gasteiger partial charge is 0.221 e. The molecule has 0 radical (unpaired) electrons. The van der Waals surface area contributed by atoms with E-state index in [1.165, 1.54) is 6.92 Å². The maximum atomic E-state index is 11.2. The number of methoxy groups -OCH3 is 1. The van der Waals surface area contributed by atoms with Crippen molar-refractivity contribution >= 4 is 17.3 Å². The van der Waals surface area contributed by atoms with Gasteiger partial charge >= 0.3 is 0 Å². The fraction of sp³-hybridized carbons (Fsp3) is 0.235. The van der Waals surface area contributed by atoms with Crippen LogP contribution in [0.25, 0.3) is 11.1 Å². The Kier molecular flexibility index (Phi) is 4.56. The lowest BCUT2D eigenvalue weighted by molar-refractivity contribution is -0.114. The number of rotatable bonds is 4. The molecule has 5 nitrogen and oxygen atoms in total. The first kappa shape index (κ1) is 15.7. The van der Waals surface area contributed by atoms with Crippen molar-refractivity contribution in [2.24, 2.45) is 0 Å². The Balaban J connectivity index is 2.54. The van der Waals surface area contributed by atoms with Crippen molar-refractivity contribution in [1.82, 2.24) is 0 Å². The van der Waals surface area contributed by atoms with Gasteiger partial charge in [0, 0.05) is 26.7 Å². The lowest BCUT2D eigenvalue weighted by Gasteiger charge is -2.16. The molecule has 116 valence electrons. The molecule has 0 saturated carbocycles. The summed E-state index contributed by atoms with van der Waals surface area (Å²) in [6, 6.07) is 11.1. The molecule has 0 aliphatic rings. The van der Waals surface area contributed by atoms with Crippen LogP contribution in [-0.2, 0) is 4.79 Å². The summed E-state index contributed by atoms with van der Waals surface area (Å²) in [6.07, 6.45) is 0. The number of hydrogen-bond donors (Lipinski definition) is 2. The first-order chi connectivity index (χ1) is 10.4. The number of benzene rings is 2. The molecule has 2 aromatic rings. The standard InChI is InChI=1S/C17H20N2O3/c1-11(20)18-14-9-10-15(22-4)16(17(14)21)12-5-7-13(8-6-12)19(2)3/h5-10,21H,1-4H3,(H,18,20). The van der Waals surface area contributed by atoms with Crippen LogP contribution in [0.1, 0.15) is 6.92 Å². The van der Waals surface area contributed by atoms with E-state index in [4.69, 9.17) is 4.74 Å². The van der Waals surface area contributed by atoms with E-state index in [2.05, 4.69) is 5.32 Å². The molecule has 22 heavy (non-hydrogen) atoms. The minimum Gasteiger partial charge on any atom is -0.505 e. The van der Waals surface area contributed by atoms with Gasteiger partial charge in [0.15, 0.2) is 5.75 Å². The number of anilines is 2. The summed E-state index contributed by atoms with van der Waals surface area (Å²) in [5, 5.41) is 13.1. The third-order valence-electron chi connectivity index (χ3n) is 3.34. The number of carbonyl (C=O) groups is 1. The number of nitrogens with one attached hydrogen (secondary N) is 1. The molecule has 2 aromatic carbocycles. The third kappa shape index (κ3) is 3.14. The molecule has 0 bridgehead atoms. The maximum Gasteiger partial charge on any atom is 0.221 e. The van der Waals surface area contributed by atoms with Gasteiger partial charge in [-0.1, -0.05) is 12.1 Å². The number of hydrogen-bond acceptors (Lipinski definition) is 4. The first-order valence-corrected chi connectivity index (χ1v) is 6.89. The molecule has 0 aliphatic carbocycles. The van der Waals surface area contributed by atoms with E-state index in [1.807, 2.05) is 43.3 Å². The van der Waals surface area contributed by atoms with Crippen LogP contribution in [0.4, 0.5) is 11.4 Å². The van der Waals surface area contributed by atoms with Gasteiger partial charge in [0.25, 0.3) is 0 Å². The molecule has 0 spiro atoms. The summed E-state index contributed by atoms with van der Waals surface area (Å²) in [4.78, 5) is 13.2. The molecule has 0 saturated heterocycles. The summed E-state index contributed by atoms with van der Waals surface area (Å²) in [5.74, 6) is 0.297. The van der Waals surface area contributed by atoms with Crippen molar-refractivity contribution < 1.29 is 14.6 Å².